The van der Waals surface area contributed by atoms with Crippen molar-refractivity contribution in [1.29, 1.82) is 0 Å². The second-order valence-corrected chi connectivity index (χ2v) is 6.33. The van der Waals surface area contributed by atoms with Gasteiger partial charge in [-0.1, -0.05) is 24.1 Å². The third-order valence-corrected chi connectivity index (χ3v) is 4.99. The second kappa shape index (κ2) is 6.33. The maximum Gasteiger partial charge on any atom is 0.0696 e. The van der Waals surface area contributed by atoms with Crippen molar-refractivity contribution in [1.82, 2.24) is 4.90 Å². The highest BCUT2D eigenvalue weighted by Gasteiger charge is 2.28. The molecule has 0 radical (unpaired) electrons. The van der Waals surface area contributed by atoms with Gasteiger partial charge in [-0.3, -0.25) is 4.90 Å². The first-order chi connectivity index (χ1) is 9.78. The van der Waals surface area contributed by atoms with Gasteiger partial charge in [-0.2, -0.15) is 0 Å². The van der Waals surface area contributed by atoms with Crippen LogP contribution in [0.3, 0.4) is 0 Å². The Hall–Kier alpha value is -0.770. The van der Waals surface area contributed by atoms with Crippen molar-refractivity contribution in [2.45, 2.75) is 38.3 Å². The average molecular weight is 295 g/mol. The van der Waals surface area contributed by atoms with Crippen LogP contribution in [0.2, 0.25) is 5.02 Å². The molecule has 0 aromatic heterocycles. The third-order valence-electron chi connectivity index (χ3n) is 4.64. The summed E-state index contributed by atoms with van der Waals surface area (Å²) in [6, 6.07) is 6.71. The van der Waals surface area contributed by atoms with Crippen molar-refractivity contribution in [3.63, 3.8) is 0 Å². The molecule has 2 aliphatic rings. The Morgan fingerprint density at radius 2 is 1.95 bits per heavy atom. The van der Waals surface area contributed by atoms with Gasteiger partial charge in [0.25, 0.3) is 0 Å². The number of aliphatic hydroxyl groups is 1. The van der Waals surface area contributed by atoms with Crippen molar-refractivity contribution in [2.24, 2.45) is 0 Å². The highest BCUT2D eigenvalue weighted by atomic mass is 35.5. The summed E-state index contributed by atoms with van der Waals surface area (Å²) >= 11 is 6.20. The van der Waals surface area contributed by atoms with E-state index in [2.05, 4.69) is 15.9 Å². The van der Waals surface area contributed by atoms with Crippen LogP contribution in [0.5, 0.6) is 0 Å². The molecule has 1 unspecified atom stereocenters. The van der Waals surface area contributed by atoms with Crippen molar-refractivity contribution < 1.29 is 5.11 Å². The lowest BCUT2D eigenvalue weighted by Gasteiger charge is -2.32. The summed E-state index contributed by atoms with van der Waals surface area (Å²) in [5.41, 5.74) is 1.99. The van der Waals surface area contributed by atoms with Crippen LogP contribution < -0.4 is 4.90 Å². The van der Waals surface area contributed by atoms with Crippen molar-refractivity contribution in [3.05, 3.63) is 28.8 Å². The zero-order chi connectivity index (χ0) is 13.9. The topological polar surface area (TPSA) is 26.7 Å². The van der Waals surface area contributed by atoms with E-state index in [1.54, 1.807) is 0 Å². The summed E-state index contributed by atoms with van der Waals surface area (Å²) in [5, 5.41) is 9.85. The second-order valence-electron chi connectivity index (χ2n) is 5.92. The minimum absolute atomic E-state index is 0.00944. The summed E-state index contributed by atoms with van der Waals surface area (Å²) in [5.74, 6) is 0. The first-order valence-corrected chi connectivity index (χ1v) is 8.04. The molecule has 1 aromatic carbocycles. The van der Waals surface area contributed by atoms with Gasteiger partial charge in [0, 0.05) is 29.8 Å². The molecule has 2 fully saturated rings. The molecular weight excluding hydrogens is 272 g/mol. The molecule has 1 N–H and O–H groups in total. The number of piperidine rings is 1. The number of anilines is 1. The summed E-state index contributed by atoms with van der Waals surface area (Å²) < 4.78 is 0. The maximum atomic E-state index is 9.18. The van der Waals surface area contributed by atoms with Crippen LogP contribution in [0.15, 0.2) is 18.2 Å². The van der Waals surface area contributed by atoms with Crippen molar-refractivity contribution in [2.75, 3.05) is 31.1 Å². The molecule has 0 spiro atoms. The highest BCUT2D eigenvalue weighted by molar-refractivity contribution is 6.31. The van der Waals surface area contributed by atoms with Crippen LogP contribution >= 0.6 is 11.6 Å². The number of benzene rings is 1. The lowest BCUT2D eigenvalue weighted by atomic mass is 10.1. The van der Waals surface area contributed by atoms with Gasteiger partial charge in [-0.15, -0.1) is 0 Å². The monoisotopic (exact) mass is 294 g/mol. The fourth-order valence-electron chi connectivity index (χ4n) is 3.42. The Kier molecular flexibility index (Phi) is 4.49. The molecule has 4 heteroatoms. The number of halogens is 1. The van der Waals surface area contributed by atoms with Crippen LogP contribution in [0.25, 0.3) is 0 Å². The van der Waals surface area contributed by atoms with Crippen LogP contribution in [0.4, 0.5) is 5.69 Å². The molecule has 0 saturated carbocycles. The minimum Gasteiger partial charge on any atom is -0.392 e. The predicted octanol–water partition coefficient (Wildman–Crippen LogP) is 2.90. The summed E-state index contributed by atoms with van der Waals surface area (Å²) in [6.45, 7) is 4.76. The van der Waals surface area contributed by atoms with E-state index < -0.39 is 0 Å². The van der Waals surface area contributed by atoms with Crippen LogP contribution in [0, 0.1) is 0 Å². The van der Waals surface area contributed by atoms with E-state index in [1.807, 2.05) is 12.1 Å². The summed E-state index contributed by atoms with van der Waals surface area (Å²) in [6.07, 6.45) is 5.35. The Morgan fingerprint density at radius 3 is 2.65 bits per heavy atom. The van der Waals surface area contributed by atoms with Gasteiger partial charge in [0.05, 0.1) is 6.61 Å². The molecular formula is C16H23ClN2O. The van der Waals surface area contributed by atoms with Gasteiger partial charge in [0.1, 0.15) is 0 Å². The van der Waals surface area contributed by atoms with E-state index in [1.165, 1.54) is 44.5 Å². The largest absolute Gasteiger partial charge is 0.392 e. The zero-order valence-electron chi connectivity index (χ0n) is 11.9. The van der Waals surface area contributed by atoms with E-state index >= 15 is 0 Å². The Bertz CT molecular complexity index is 460. The van der Waals surface area contributed by atoms with Gasteiger partial charge < -0.3 is 10.0 Å². The van der Waals surface area contributed by atoms with E-state index in [0.717, 1.165) is 18.7 Å². The lowest BCUT2D eigenvalue weighted by molar-refractivity contribution is 0.175. The molecule has 3 rings (SSSR count). The van der Waals surface area contributed by atoms with Gasteiger partial charge in [0.2, 0.25) is 0 Å². The molecule has 2 saturated heterocycles. The highest BCUT2D eigenvalue weighted by Crippen LogP contribution is 2.28. The molecule has 0 aliphatic carbocycles. The first kappa shape index (κ1) is 14.2. The molecule has 20 heavy (non-hydrogen) atoms. The summed E-state index contributed by atoms with van der Waals surface area (Å²) in [4.78, 5) is 5.08. The zero-order valence-corrected chi connectivity index (χ0v) is 12.6. The number of nitrogens with zero attached hydrogens (tertiary/aromatic N) is 2. The van der Waals surface area contributed by atoms with Gasteiger partial charge >= 0.3 is 0 Å². The van der Waals surface area contributed by atoms with Crippen molar-refractivity contribution >= 4 is 17.3 Å². The third kappa shape index (κ3) is 2.95. The van der Waals surface area contributed by atoms with E-state index in [4.69, 9.17) is 11.6 Å². The molecule has 2 aliphatic heterocycles. The number of hydrogen-bond acceptors (Lipinski definition) is 3. The fraction of sp³-hybridized carbons (Fsp3) is 0.625. The smallest absolute Gasteiger partial charge is 0.0696 e. The lowest BCUT2D eigenvalue weighted by Crippen LogP contribution is -2.40. The first-order valence-electron chi connectivity index (χ1n) is 7.66. The predicted molar refractivity (Wildman–Crippen MR) is 83.4 cm³/mol. The molecule has 110 valence electrons. The van der Waals surface area contributed by atoms with Gasteiger partial charge in [-0.05, 0) is 50.0 Å². The van der Waals surface area contributed by atoms with Crippen LogP contribution in [0.1, 0.15) is 31.2 Å². The minimum atomic E-state index is 0.00944. The number of likely N-dealkylation sites (tertiary alicyclic amines) is 1. The van der Waals surface area contributed by atoms with Crippen molar-refractivity contribution in [3.8, 4) is 0 Å². The van der Waals surface area contributed by atoms with Crippen LogP contribution in [-0.4, -0.2) is 42.2 Å². The molecule has 1 atom stereocenters. The van der Waals surface area contributed by atoms with Crippen LogP contribution in [-0.2, 0) is 6.61 Å². The SMILES string of the molecule is OCc1ccc(N2CCC(N3CCCCC3)C2)cc1Cl. The van der Waals surface area contributed by atoms with Gasteiger partial charge in [0.15, 0.2) is 0 Å². The molecule has 0 amide bonds. The maximum absolute atomic E-state index is 9.18. The quantitative estimate of drug-likeness (QED) is 0.928. The number of rotatable bonds is 3. The summed E-state index contributed by atoms with van der Waals surface area (Å²) in [7, 11) is 0. The number of aliphatic hydroxyl groups excluding tert-OH is 1. The molecule has 0 bridgehead atoms. The van der Waals surface area contributed by atoms with E-state index in [-0.39, 0.29) is 6.61 Å². The van der Waals surface area contributed by atoms with E-state index in [9.17, 15) is 5.11 Å². The number of hydrogen-bond donors (Lipinski definition) is 1. The molecule has 3 nitrogen and oxygen atoms in total. The fourth-order valence-corrected chi connectivity index (χ4v) is 3.65. The Balaban J connectivity index is 1.65. The average Bonchev–Trinajstić information content (AvgIpc) is 2.98. The Morgan fingerprint density at radius 1 is 1.15 bits per heavy atom. The Labute approximate surface area is 126 Å². The van der Waals surface area contributed by atoms with E-state index in [0.29, 0.717) is 11.1 Å². The van der Waals surface area contributed by atoms with Gasteiger partial charge in [-0.25, -0.2) is 0 Å². The molecule has 1 aromatic rings. The normalized spacial score (nSPS) is 24.3. The standard InChI is InChI=1S/C16H23ClN2O/c17-16-10-14(5-4-13(16)12-20)19-9-6-15(11-19)18-7-2-1-3-8-18/h4-5,10,15,20H,1-3,6-9,11-12H2. The molecule has 2 heterocycles.